The number of piperazine rings is 1. The fraction of sp³-hybridized carbons (Fsp3) is 0.417. The van der Waals surface area contributed by atoms with Crippen LogP contribution in [-0.2, 0) is 32.3 Å². The van der Waals surface area contributed by atoms with Crippen molar-refractivity contribution in [3.63, 3.8) is 0 Å². The van der Waals surface area contributed by atoms with Gasteiger partial charge in [0.15, 0.2) is 0 Å². The monoisotopic (exact) mass is 578 g/mol. The van der Waals surface area contributed by atoms with E-state index in [1.807, 2.05) is 0 Å². The number of alkyl halides is 3. The highest BCUT2D eigenvalue weighted by atomic mass is 35.5. The zero-order chi connectivity index (χ0) is 28.1. The molecule has 0 saturated carbocycles. The van der Waals surface area contributed by atoms with Crippen LogP contribution in [0.4, 0.5) is 17.6 Å². The summed E-state index contributed by atoms with van der Waals surface area (Å²) in [7, 11) is -4.29. The molecule has 2 aromatic rings. The van der Waals surface area contributed by atoms with Gasteiger partial charge in [-0.15, -0.1) is 0 Å². The highest BCUT2D eigenvalue weighted by Crippen LogP contribution is 2.34. The minimum Gasteiger partial charge on any atom is -0.350 e. The Balaban J connectivity index is 1.53. The first-order valence-corrected chi connectivity index (χ1v) is 13.5. The van der Waals surface area contributed by atoms with E-state index in [2.05, 4.69) is 5.32 Å². The van der Waals surface area contributed by atoms with Gasteiger partial charge in [0.25, 0.3) is 0 Å². The Morgan fingerprint density at radius 1 is 1.05 bits per heavy atom. The van der Waals surface area contributed by atoms with E-state index in [1.54, 1.807) is 24.0 Å². The third-order valence-corrected chi connectivity index (χ3v) is 8.42. The molecule has 0 radical (unpaired) electrons. The maximum Gasteiger partial charge on any atom is 0.416 e. The average molecular weight is 579 g/mol. The predicted molar refractivity (Wildman–Crippen MR) is 132 cm³/mol. The number of hydrogen-bond donors (Lipinski definition) is 1. The van der Waals surface area contributed by atoms with Gasteiger partial charge in [0.1, 0.15) is 10.7 Å². The lowest BCUT2D eigenvalue weighted by Crippen LogP contribution is -2.52. The molecule has 0 aliphatic carbocycles. The molecule has 1 heterocycles. The molecule has 0 bridgehead atoms. The molecular formula is C24H27ClF4N4O4S. The second-order valence-electron chi connectivity index (χ2n) is 8.63. The fourth-order valence-electron chi connectivity index (χ4n) is 3.84. The van der Waals surface area contributed by atoms with E-state index >= 15 is 0 Å². The lowest BCUT2D eigenvalue weighted by atomic mass is 10.2. The maximum absolute atomic E-state index is 13.1. The van der Waals surface area contributed by atoms with Gasteiger partial charge in [0, 0.05) is 39.3 Å². The number of nitrogens with one attached hydrogen (secondary N) is 1. The van der Waals surface area contributed by atoms with Crippen LogP contribution in [-0.4, -0.2) is 80.2 Å². The number of carbonyl (C=O) groups is 2. The molecule has 1 aliphatic heterocycles. The van der Waals surface area contributed by atoms with Crippen molar-refractivity contribution in [1.29, 1.82) is 0 Å². The number of halogens is 5. The first-order valence-electron chi connectivity index (χ1n) is 11.7. The van der Waals surface area contributed by atoms with Gasteiger partial charge in [-0.05, 0) is 42.8 Å². The largest absolute Gasteiger partial charge is 0.416 e. The number of amides is 2. The third kappa shape index (κ3) is 7.65. The topological polar surface area (TPSA) is 90.0 Å². The summed E-state index contributed by atoms with van der Waals surface area (Å²) in [6.07, 6.45) is -4.73. The van der Waals surface area contributed by atoms with Gasteiger partial charge in [-0.25, -0.2) is 12.8 Å². The summed E-state index contributed by atoms with van der Waals surface area (Å²) < 4.78 is 79.3. The molecule has 0 unspecified atom stereocenters. The molecule has 0 spiro atoms. The molecule has 1 saturated heterocycles. The van der Waals surface area contributed by atoms with Gasteiger partial charge >= 0.3 is 6.18 Å². The normalized spacial score (nSPS) is 15.3. The van der Waals surface area contributed by atoms with E-state index < -0.39 is 32.6 Å². The molecule has 1 fully saturated rings. The van der Waals surface area contributed by atoms with Gasteiger partial charge < -0.3 is 10.2 Å². The van der Waals surface area contributed by atoms with Crippen LogP contribution in [0.5, 0.6) is 0 Å². The van der Waals surface area contributed by atoms with Gasteiger partial charge in [0.2, 0.25) is 21.8 Å². The second kappa shape index (κ2) is 12.4. The third-order valence-electron chi connectivity index (χ3n) is 6.04. The lowest BCUT2D eigenvalue weighted by Gasteiger charge is -2.34. The molecular weight excluding hydrogens is 552 g/mol. The Kier molecular flexibility index (Phi) is 9.74. The second-order valence-corrected chi connectivity index (χ2v) is 10.9. The molecule has 1 aliphatic rings. The zero-order valence-corrected chi connectivity index (χ0v) is 22.0. The summed E-state index contributed by atoms with van der Waals surface area (Å²) in [5.41, 5.74) is -0.417. The Bertz CT molecular complexity index is 1250. The molecule has 8 nitrogen and oxygen atoms in total. The molecule has 1 N–H and O–H groups in total. The van der Waals surface area contributed by atoms with Crippen molar-refractivity contribution in [2.24, 2.45) is 0 Å². The number of hydrogen-bond acceptors (Lipinski definition) is 5. The number of sulfonamides is 1. The molecule has 208 valence electrons. The van der Waals surface area contributed by atoms with Crippen LogP contribution < -0.4 is 5.32 Å². The summed E-state index contributed by atoms with van der Waals surface area (Å²) in [4.78, 5) is 27.5. The Morgan fingerprint density at radius 3 is 2.26 bits per heavy atom. The van der Waals surface area contributed by atoms with Crippen molar-refractivity contribution in [2.45, 2.75) is 24.5 Å². The summed E-state index contributed by atoms with van der Waals surface area (Å²) in [5, 5.41) is 2.36. The molecule has 2 amide bonds. The van der Waals surface area contributed by atoms with Crippen LogP contribution in [0.25, 0.3) is 0 Å². The molecule has 0 atom stereocenters. The fourth-order valence-corrected chi connectivity index (χ4v) is 5.77. The summed E-state index contributed by atoms with van der Waals surface area (Å²) in [5.74, 6) is -1.11. The van der Waals surface area contributed by atoms with Crippen LogP contribution in [0.2, 0.25) is 5.02 Å². The number of benzene rings is 2. The lowest BCUT2D eigenvalue weighted by molar-refractivity contribution is -0.137. The quantitative estimate of drug-likeness (QED) is 0.462. The average Bonchev–Trinajstić information content (AvgIpc) is 2.86. The standard InChI is InChI=1S/C24H27ClF4N4O4S/c1-2-32(15-22(34)30-14-17-3-6-19(26)7-4-17)23(35)16-31-9-11-33(12-10-31)38(36,37)21-13-18(24(27,28)29)5-8-20(21)25/h3-8,13H,2,9-12,14-16H2,1H3,(H,30,34). The van der Waals surface area contributed by atoms with Crippen LogP contribution in [0, 0.1) is 5.82 Å². The van der Waals surface area contributed by atoms with E-state index in [9.17, 15) is 35.6 Å². The summed E-state index contributed by atoms with van der Waals surface area (Å²) >= 11 is 5.92. The first kappa shape index (κ1) is 29.8. The number of nitrogens with zero attached hydrogens (tertiary/aromatic N) is 3. The van der Waals surface area contributed by atoms with Gasteiger partial charge in [-0.3, -0.25) is 14.5 Å². The van der Waals surface area contributed by atoms with E-state index in [4.69, 9.17) is 11.6 Å². The smallest absolute Gasteiger partial charge is 0.350 e. The Labute approximate surface area is 223 Å². The minimum atomic E-state index is -4.73. The Morgan fingerprint density at radius 2 is 1.68 bits per heavy atom. The van der Waals surface area contributed by atoms with Crippen molar-refractivity contribution in [3.8, 4) is 0 Å². The summed E-state index contributed by atoms with van der Waals surface area (Å²) in [6, 6.07) is 7.78. The summed E-state index contributed by atoms with van der Waals surface area (Å²) in [6.45, 7) is 2.15. The molecule has 0 aromatic heterocycles. The van der Waals surface area contributed by atoms with E-state index in [1.165, 1.54) is 17.0 Å². The highest BCUT2D eigenvalue weighted by Gasteiger charge is 2.35. The van der Waals surface area contributed by atoms with Crippen LogP contribution in [0.1, 0.15) is 18.1 Å². The number of rotatable bonds is 9. The van der Waals surface area contributed by atoms with Crippen LogP contribution in [0.3, 0.4) is 0 Å². The molecule has 2 aromatic carbocycles. The minimum absolute atomic E-state index is 0.0491. The van der Waals surface area contributed by atoms with Crippen LogP contribution >= 0.6 is 11.6 Å². The molecule has 3 rings (SSSR count). The van der Waals surface area contributed by atoms with Crippen molar-refractivity contribution in [1.82, 2.24) is 19.4 Å². The van der Waals surface area contributed by atoms with Crippen LogP contribution in [0.15, 0.2) is 47.4 Å². The van der Waals surface area contributed by atoms with E-state index in [0.717, 1.165) is 10.4 Å². The van der Waals surface area contributed by atoms with Gasteiger partial charge in [-0.2, -0.15) is 17.5 Å². The van der Waals surface area contributed by atoms with Gasteiger partial charge in [0.05, 0.1) is 23.7 Å². The zero-order valence-electron chi connectivity index (χ0n) is 20.5. The van der Waals surface area contributed by atoms with E-state index in [0.29, 0.717) is 17.7 Å². The number of carbonyl (C=O) groups excluding carboxylic acids is 2. The predicted octanol–water partition coefficient (Wildman–Crippen LogP) is 2.97. The van der Waals surface area contributed by atoms with Gasteiger partial charge in [-0.1, -0.05) is 23.7 Å². The van der Waals surface area contributed by atoms with Crippen molar-refractivity contribution >= 4 is 33.4 Å². The highest BCUT2D eigenvalue weighted by molar-refractivity contribution is 7.89. The first-order chi connectivity index (χ1) is 17.8. The molecule has 38 heavy (non-hydrogen) atoms. The van der Waals surface area contributed by atoms with Crippen molar-refractivity contribution < 1.29 is 35.6 Å². The van der Waals surface area contributed by atoms with Crippen molar-refractivity contribution in [2.75, 3.05) is 45.8 Å². The SMILES string of the molecule is CCN(CC(=O)NCc1ccc(F)cc1)C(=O)CN1CCN(S(=O)(=O)c2cc(C(F)(F)F)ccc2Cl)CC1. The maximum atomic E-state index is 13.1. The number of likely N-dealkylation sites (N-methyl/N-ethyl adjacent to an activating group) is 1. The van der Waals surface area contributed by atoms with Crippen molar-refractivity contribution in [3.05, 3.63) is 64.4 Å². The Hall–Kier alpha value is -2.74. The molecule has 14 heteroatoms. The van der Waals surface area contributed by atoms with E-state index in [-0.39, 0.29) is 69.1 Å².